The second-order valence-corrected chi connectivity index (χ2v) is 16.5. The Morgan fingerprint density at radius 1 is 0.288 bits per heavy atom. The Morgan fingerprint density at radius 2 is 0.712 bits per heavy atom. The van der Waals surface area contributed by atoms with Crippen molar-refractivity contribution < 1.29 is 0 Å². The van der Waals surface area contributed by atoms with E-state index in [9.17, 15) is 5.26 Å². The summed E-state index contributed by atoms with van der Waals surface area (Å²) in [5.74, 6) is 0. The molecule has 0 aliphatic carbocycles. The number of fused-ring (bicyclic) bond motifs is 4. The van der Waals surface area contributed by atoms with Crippen LogP contribution in [0.3, 0.4) is 0 Å². The van der Waals surface area contributed by atoms with Gasteiger partial charge in [0.05, 0.1) is 16.9 Å². The van der Waals surface area contributed by atoms with E-state index in [4.69, 9.17) is 0 Å². The fourth-order valence-electron chi connectivity index (χ4n) is 9.15. The maximum absolute atomic E-state index is 10.5. The van der Waals surface area contributed by atoms with Crippen LogP contribution in [0.4, 0.5) is 34.1 Å². The number of hydrogen-bond acceptors (Lipinski definition) is 3. The van der Waals surface area contributed by atoms with E-state index in [0.29, 0.717) is 5.56 Å². The van der Waals surface area contributed by atoms with Gasteiger partial charge in [0, 0.05) is 44.3 Å². The first-order valence-electron chi connectivity index (χ1n) is 22.3. The van der Waals surface area contributed by atoms with E-state index in [-0.39, 0.29) is 0 Å². The molecule has 0 spiro atoms. The van der Waals surface area contributed by atoms with Crippen molar-refractivity contribution in [2.24, 2.45) is 0 Å². The Bertz CT molecular complexity index is 3630. The summed E-state index contributed by atoms with van der Waals surface area (Å²) in [7, 11) is 0. The number of anilines is 6. The molecule has 0 aliphatic heterocycles. The molecule has 0 amide bonds. The molecule has 0 saturated carbocycles. The van der Waals surface area contributed by atoms with E-state index >= 15 is 0 Å². The SMILES string of the molecule is N#Cc1c2ccc(/C=C/c3ccc(N(c4ccccc4)c4cccc5ccccc45)cc3)cc2cc2ccc(/C=C/c3ccc(N(c4ccccc4)c4cccc5ccccc45)cc3)cc12. The third-order valence-electron chi connectivity index (χ3n) is 12.4. The summed E-state index contributed by atoms with van der Waals surface area (Å²) >= 11 is 0. The number of para-hydroxylation sites is 2. The van der Waals surface area contributed by atoms with Crippen LogP contribution in [0.15, 0.2) is 237 Å². The van der Waals surface area contributed by atoms with Crippen LogP contribution >= 0.6 is 0 Å². The third kappa shape index (κ3) is 7.85. The van der Waals surface area contributed by atoms with Crippen molar-refractivity contribution in [3.8, 4) is 6.07 Å². The normalized spacial score (nSPS) is 11.5. The van der Waals surface area contributed by atoms with Crippen molar-refractivity contribution in [1.82, 2.24) is 0 Å². The van der Waals surface area contributed by atoms with Gasteiger partial charge in [-0.05, 0) is 123 Å². The number of benzene rings is 11. The summed E-state index contributed by atoms with van der Waals surface area (Å²) < 4.78 is 0. The van der Waals surface area contributed by atoms with E-state index in [0.717, 1.165) is 77.9 Å². The highest BCUT2D eigenvalue weighted by Gasteiger charge is 2.17. The van der Waals surface area contributed by atoms with Crippen molar-refractivity contribution in [2.45, 2.75) is 0 Å². The highest BCUT2D eigenvalue weighted by atomic mass is 15.1. The van der Waals surface area contributed by atoms with Gasteiger partial charge in [-0.15, -0.1) is 0 Å². The first kappa shape index (κ1) is 39.8. The summed E-state index contributed by atoms with van der Waals surface area (Å²) in [5, 5.41) is 19.3. The second-order valence-electron chi connectivity index (χ2n) is 16.5. The zero-order chi connectivity index (χ0) is 44.2. The van der Waals surface area contributed by atoms with Crippen molar-refractivity contribution in [3.05, 3.63) is 264 Å². The van der Waals surface area contributed by atoms with Crippen molar-refractivity contribution in [1.29, 1.82) is 5.26 Å². The molecule has 0 atom stereocenters. The molecule has 3 heteroatoms. The first-order chi connectivity index (χ1) is 32.7. The van der Waals surface area contributed by atoms with Crippen LogP contribution in [0.5, 0.6) is 0 Å². The van der Waals surface area contributed by atoms with Gasteiger partial charge >= 0.3 is 0 Å². The van der Waals surface area contributed by atoms with E-state index in [1.54, 1.807) is 0 Å². The topological polar surface area (TPSA) is 30.3 Å². The van der Waals surface area contributed by atoms with Gasteiger partial charge in [0.2, 0.25) is 0 Å². The third-order valence-corrected chi connectivity index (χ3v) is 12.4. The minimum atomic E-state index is 0.692. The standard InChI is InChI=1S/C63H43N3/c64-44-61-57-40-34-47(27-25-45-30-36-55(37-31-45)65(53-17-3-1-4-18-53)62-23-11-15-49-13-7-9-21-58(49)62)41-52(57)43-51-35-29-48(42-60(51)61)28-26-46-32-38-56(39-33-46)66(54-19-5-2-6-20-54)63-24-12-16-50-14-8-10-22-59(50)63/h1-43H/b27-25+,28-26+. The number of rotatable bonds is 10. The molecule has 0 aromatic heterocycles. The molecule has 0 unspecified atom stereocenters. The van der Waals surface area contributed by atoms with Gasteiger partial charge in [0.1, 0.15) is 6.07 Å². The van der Waals surface area contributed by atoms with Crippen LogP contribution in [0.25, 0.3) is 67.4 Å². The fraction of sp³-hybridized carbons (Fsp3) is 0. The maximum Gasteiger partial charge on any atom is 0.100 e. The number of hydrogen-bond donors (Lipinski definition) is 0. The van der Waals surface area contributed by atoms with Crippen LogP contribution in [0.2, 0.25) is 0 Å². The lowest BCUT2D eigenvalue weighted by Crippen LogP contribution is -2.10. The van der Waals surface area contributed by atoms with E-state index < -0.39 is 0 Å². The van der Waals surface area contributed by atoms with E-state index in [1.165, 1.54) is 21.5 Å². The Kier molecular flexibility index (Phi) is 10.7. The Hall–Kier alpha value is -8.97. The molecule has 0 N–H and O–H groups in total. The molecule has 11 aromatic rings. The van der Waals surface area contributed by atoms with Crippen LogP contribution in [-0.2, 0) is 0 Å². The zero-order valence-corrected chi connectivity index (χ0v) is 36.2. The molecule has 0 bridgehead atoms. The van der Waals surface area contributed by atoms with Crippen molar-refractivity contribution in [3.63, 3.8) is 0 Å². The van der Waals surface area contributed by atoms with Crippen molar-refractivity contribution >= 4 is 102 Å². The smallest absolute Gasteiger partial charge is 0.100 e. The molecule has 3 nitrogen and oxygen atoms in total. The summed E-state index contributed by atoms with van der Waals surface area (Å²) in [5.41, 5.74) is 11.7. The highest BCUT2D eigenvalue weighted by molar-refractivity contribution is 6.06. The number of nitriles is 1. The van der Waals surface area contributed by atoms with E-state index in [2.05, 4.69) is 277 Å². The Morgan fingerprint density at radius 3 is 1.24 bits per heavy atom. The average Bonchev–Trinajstić information content (AvgIpc) is 3.38. The fourth-order valence-corrected chi connectivity index (χ4v) is 9.15. The Balaban J connectivity index is 0.837. The van der Waals surface area contributed by atoms with Crippen molar-refractivity contribution in [2.75, 3.05) is 9.80 Å². The summed E-state index contributed by atoms with van der Waals surface area (Å²) in [6, 6.07) is 86.0. The molecule has 0 saturated heterocycles. The molecule has 0 fully saturated rings. The molecule has 0 aliphatic rings. The molecule has 11 rings (SSSR count). The largest absolute Gasteiger partial charge is 0.310 e. The minimum Gasteiger partial charge on any atom is -0.310 e. The molecule has 11 aromatic carbocycles. The summed E-state index contributed by atoms with van der Waals surface area (Å²) in [6.07, 6.45) is 8.56. The van der Waals surface area contributed by atoms with Gasteiger partial charge < -0.3 is 9.80 Å². The van der Waals surface area contributed by atoms with Gasteiger partial charge in [-0.1, -0.05) is 182 Å². The highest BCUT2D eigenvalue weighted by Crippen LogP contribution is 2.41. The molecular formula is C63H43N3. The van der Waals surface area contributed by atoms with Gasteiger partial charge in [-0.25, -0.2) is 0 Å². The minimum absolute atomic E-state index is 0.692. The zero-order valence-electron chi connectivity index (χ0n) is 36.2. The van der Waals surface area contributed by atoms with Gasteiger partial charge in [0.15, 0.2) is 0 Å². The quantitative estimate of drug-likeness (QED) is 0.101. The lowest BCUT2D eigenvalue weighted by molar-refractivity contribution is 1.30. The predicted molar refractivity (Wildman–Crippen MR) is 281 cm³/mol. The van der Waals surface area contributed by atoms with Gasteiger partial charge in [-0.2, -0.15) is 5.26 Å². The van der Waals surface area contributed by atoms with E-state index in [1.807, 2.05) is 0 Å². The summed E-state index contributed by atoms with van der Waals surface area (Å²) in [4.78, 5) is 4.64. The lowest BCUT2D eigenvalue weighted by Gasteiger charge is -2.27. The molecule has 0 heterocycles. The van der Waals surface area contributed by atoms with Crippen LogP contribution < -0.4 is 9.80 Å². The van der Waals surface area contributed by atoms with Gasteiger partial charge in [-0.3, -0.25) is 0 Å². The summed E-state index contributed by atoms with van der Waals surface area (Å²) in [6.45, 7) is 0. The second kappa shape index (κ2) is 17.7. The maximum atomic E-state index is 10.5. The first-order valence-corrected chi connectivity index (χ1v) is 22.3. The molecule has 66 heavy (non-hydrogen) atoms. The molecule has 0 radical (unpaired) electrons. The average molecular weight is 842 g/mol. The van der Waals surface area contributed by atoms with Crippen LogP contribution in [-0.4, -0.2) is 0 Å². The predicted octanol–water partition coefficient (Wildman–Crippen LogP) is 17.5. The number of nitrogens with zero attached hydrogens (tertiary/aromatic N) is 3. The lowest BCUT2D eigenvalue weighted by atomic mass is 9.94. The monoisotopic (exact) mass is 841 g/mol. The van der Waals surface area contributed by atoms with Gasteiger partial charge in [0.25, 0.3) is 0 Å². The molecular weight excluding hydrogens is 799 g/mol. The molecule has 310 valence electrons. The Labute approximate surface area is 385 Å². The van der Waals surface area contributed by atoms with Crippen LogP contribution in [0, 0.1) is 11.3 Å². The van der Waals surface area contributed by atoms with Crippen LogP contribution in [0.1, 0.15) is 27.8 Å².